The molecule has 5 rings (SSSR count). The molecule has 0 heterocycles. The van der Waals surface area contributed by atoms with Gasteiger partial charge < -0.3 is 9.47 Å². The Hall–Kier alpha value is -1.80. The van der Waals surface area contributed by atoms with E-state index in [1.165, 1.54) is 80.9 Å². The van der Waals surface area contributed by atoms with Gasteiger partial charge in [-0.1, -0.05) is 101 Å². The lowest BCUT2D eigenvalue weighted by atomic mass is 9.68. The molecular formula is C34H48O2. The van der Waals surface area contributed by atoms with Crippen molar-refractivity contribution in [1.82, 2.24) is 0 Å². The Bertz CT molecular complexity index is 940. The summed E-state index contributed by atoms with van der Waals surface area (Å²) in [7, 11) is 0. The third kappa shape index (κ3) is 5.69. The molecular weight excluding hydrogens is 440 g/mol. The van der Waals surface area contributed by atoms with Crippen molar-refractivity contribution < 1.29 is 9.47 Å². The average Bonchev–Trinajstić information content (AvgIpc) is 2.93. The molecule has 0 saturated heterocycles. The van der Waals surface area contributed by atoms with E-state index in [1.807, 2.05) is 0 Å². The molecule has 3 aliphatic carbocycles. The highest BCUT2D eigenvalue weighted by atomic mass is 16.7. The fraction of sp³-hybridized carbons (Fsp3) is 0.647. The Morgan fingerprint density at radius 1 is 0.806 bits per heavy atom. The highest BCUT2D eigenvalue weighted by molar-refractivity contribution is 5.33. The third-order valence-corrected chi connectivity index (χ3v) is 9.94. The van der Waals surface area contributed by atoms with E-state index in [0.717, 1.165) is 36.8 Å². The van der Waals surface area contributed by atoms with Crippen molar-refractivity contribution in [2.75, 3.05) is 0 Å². The standard InChI is InChI=1S/C34H48O2/c1-4-26(3)27-14-19-31(20-15-27)35-33(36-32-21-16-28-10-6-7-11-29(28)24-32)34(22-8-5-9-23-34)30-17-12-25(2)13-18-30/h12-15,17-20,26,28-29,32-33H,4-11,16,21-24H2,1-3H3. The summed E-state index contributed by atoms with van der Waals surface area (Å²) in [6.07, 6.45) is 16.8. The zero-order valence-electron chi connectivity index (χ0n) is 23.0. The molecule has 5 unspecified atom stereocenters. The van der Waals surface area contributed by atoms with Crippen LogP contribution < -0.4 is 4.74 Å². The van der Waals surface area contributed by atoms with Crippen LogP contribution in [0.25, 0.3) is 0 Å². The van der Waals surface area contributed by atoms with E-state index in [-0.39, 0.29) is 11.7 Å². The highest BCUT2D eigenvalue weighted by Gasteiger charge is 2.46. The second kappa shape index (κ2) is 11.7. The van der Waals surface area contributed by atoms with Crippen molar-refractivity contribution in [3.8, 4) is 5.75 Å². The molecule has 2 heteroatoms. The van der Waals surface area contributed by atoms with Gasteiger partial charge in [0.15, 0.2) is 0 Å². The van der Waals surface area contributed by atoms with Crippen molar-refractivity contribution in [3.63, 3.8) is 0 Å². The molecule has 0 N–H and O–H groups in total. The molecule has 0 spiro atoms. The monoisotopic (exact) mass is 488 g/mol. The first-order valence-electron chi connectivity index (χ1n) is 15.1. The highest BCUT2D eigenvalue weighted by Crippen LogP contribution is 2.47. The van der Waals surface area contributed by atoms with Crippen molar-refractivity contribution in [2.45, 2.75) is 128 Å². The third-order valence-electron chi connectivity index (χ3n) is 9.94. The van der Waals surface area contributed by atoms with Gasteiger partial charge in [-0.05, 0) is 86.5 Å². The Morgan fingerprint density at radius 2 is 1.50 bits per heavy atom. The largest absolute Gasteiger partial charge is 0.464 e. The summed E-state index contributed by atoms with van der Waals surface area (Å²) in [4.78, 5) is 0. The maximum absolute atomic E-state index is 7.15. The molecule has 196 valence electrons. The van der Waals surface area contributed by atoms with Crippen molar-refractivity contribution in [3.05, 3.63) is 65.2 Å². The van der Waals surface area contributed by atoms with Crippen LogP contribution in [-0.4, -0.2) is 12.4 Å². The lowest BCUT2D eigenvalue weighted by Gasteiger charge is -2.46. The van der Waals surface area contributed by atoms with E-state index in [0.29, 0.717) is 12.0 Å². The van der Waals surface area contributed by atoms with Crippen LogP contribution in [0.1, 0.15) is 120 Å². The number of aryl methyl sites for hydroxylation is 1. The van der Waals surface area contributed by atoms with Gasteiger partial charge in [0.05, 0.1) is 11.5 Å². The summed E-state index contributed by atoms with van der Waals surface area (Å²) in [6.45, 7) is 6.75. The molecule has 2 aromatic carbocycles. The maximum Gasteiger partial charge on any atom is 0.209 e. The van der Waals surface area contributed by atoms with E-state index < -0.39 is 0 Å². The molecule has 3 saturated carbocycles. The first kappa shape index (κ1) is 25.8. The lowest BCUT2D eigenvalue weighted by molar-refractivity contribution is -0.182. The first-order valence-corrected chi connectivity index (χ1v) is 15.1. The van der Waals surface area contributed by atoms with Crippen LogP contribution in [0.4, 0.5) is 0 Å². The van der Waals surface area contributed by atoms with Crippen molar-refractivity contribution >= 4 is 0 Å². The second-order valence-electron chi connectivity index (χ2n) is 12.3. The van der Waals surface area contributed by atoms with Gasteiger partial charge in [0.1, 0.15) is 5.75 Å². The molecule has 3 aliphatic rings. The zero-order valence-corrected chi connectivity index (χ0v) is 23.0. The summed E-state index contributed by atoms with van der Waals surface area (Å²) in [6, 6.07) is 18.1. The molecule has 0 aliphatic heterocycles. The maximum atomic E-state index is 7.15. The van der Waals surface area contributed by atoms with Gasteiger partial charge in [0.2, 0.25) is 6.29 Å². The molecule has 5 atom stereocenters. The quantitative estimate of drug-likeness (QED) is 0.344. The minimum Gasteiger partial charge on any atom is -0.464 e. The van der Waals surface area contributed by atoms with Crippen LogP contribution >= 0.6 is 0 Å². The first-order chi connectivity index (χ1) is 17.6. The molecule has 36 heavy (non-hydrogen) atoms. The fourth-order valence-corrected chi connectivity index (χ4v) is 7.36. The Labute approximate surface area is 220 Å². The normalized spacial score (nSPS) is 27.6. The van der Waals surface area contributed by atoms with Crippen molar-refractivity contribution in [2.24, 2.45) is 11.8 Å². The SMILES string of the molecule is CCC(C)c1ccc(OC(OC2CCC3CCCCC3C2)C2(c3ccc(C)cc3)CCCCC2)cc1. The zero-order chi connectivity index (χ0) is 25.0. The summed E-state index contributed by atoms with van der Waals surface area (Å²) in [5.74, 6) is 3.32. The minimum absolute atomic E-state index is 0.0786. The van der Waals surface area contributed by atoms with Gasteiger partial charge in [0.25, 0.3) is 0 Å². The van der Waals surface area contributed by atoms with E-state index in [9.17, 15) is 0 Å². The number of hydrogen-bond acceptors (Lipinski definition) is 2. The van der Waals surface area contributed by atoms with Crippen LogP contribution in [-0.2, 0) is 10.2 Å². The molecule has 0 aromatic heterocycles. The number of benzene rings is 2. The molecule has 3 fully saturated rings. The predicted molar refractivity (Wildman–Crippen MR) is 150 cm³/mol. The second-order valence-corrected chi connectivity index (χ2v) is 12.3. The Morgan fingerprint density at radius 3 is 2.19 bits per heavy atom. The van der Waals surface area contributed by atoms with E-state index in [4.69, 9.17) is 9.47 Å². The van der Waals surface area contributed by atoms with Gasteiger partial charge in [-0.2, -0.15) is 0 Å². The number of rotatable bonds is 8. The summed E-state index contributed by atoms with van der Waals surface area (Å²) < 4.78 is 14.1. The van der Waals surface area contributed by atoms with Crippen LogP contribution in [0.5, 0.6) is 5.75 Å². The molecule has 0 amide bonds. The average molecular weight is 489 g/mol. The van der Waals surface area contributed by atoms with Crippen LogP contribution in [0.15, 0.2) is 48.5 Å². The van der Waals surface area contributed by atoms with Crippen LogP contribution in [0, 0.1) is 18.8 Å². The van der Waals surface area contributed by atoms with Gasteiger partial charge in [0, 0.05) is 0 Å². The van der Waals surface area contributed by atoms with Crippen molar-refractivity contribution in [1.29, 1.82) is 0 Å². The van der Waals surface area contributed by atoms with E-state index >= 15 is 0 Å². The fourth-order valence-electron chi connectivity index (χ4n) is 7.36. The molecule has 0 bridgehead atoms. The predicted octanol–water partition coefficient (Wildman–Crippen LogP) is 9.49. The topological polar surface area (TPSA) is 18.5 Å². The Kier molecular flexibility index (Phi) is 8.41. The molecule has 0 radical (unpaired) electrons. The number of fused-ring (bicyclic) bond motifs is 1. The lowest BCUT2D eigenvalue weighted by Crippen LogP contribution is -2.49. The smallest absolute Gasteiger partial charge is 0.209 e. The summed E-state index contributed by atoms with van der Waals surface area (Å²) >= 11 is 0. The number of hydrogen-bond donors (Lipinski definition) is 0. The van der Waals surface area contributed by atoms with E-state index in [1.54, 1.807) is 0 Å². The van der Waals surface area contributed by atoms with E-state index in [2.05, 4.69) is 69.3 Å². The Balaban J connectivity index is 1.43. The van der Waals surface area contributed by atoms with Crippen LogP contribution in [0.3, 0.4) is 0 Å². The molecule has 2 nitrogen and oxygen atoms in total. The minimum atomic E-state index is -0.236. The van der Waals surface area contributed by atoms with Gasteiger partial charge in [-0.25, -0.2) is 0 Å². The number of ether oxygens (including phenoxy) is 2. The summed E-state index contributed by atoms with van der Waals surface area (Å²) in [5, 5.41) is 0. The summed E-state index contributed by atoms with van der Waals surface area (Å²) in [5.41, 5.74) is 4.04. The van der Waals surface area contributed by atoms with Crippen LogP contribution in [0.2, 0.25) is 0 Å². The van der Waals surface area contributed by atoms with Gasteiger partial charge in [-0.15, -0.1) is 0 Å². The van der Waals surface area contributed by atoms with Gasteiger partial charge in [-0.3, -0.25) is 0 Å². The van der Waals surface area contributed by atoms with Gasteiger partial charge >= 0.3 is 0 Å². The molecule has 2 aromatic rings.